The number of hydrogen-bond acceptors (Lipinski definition) is 2. The quantitative estimate of drug-likeness (QED) is 0.516. The van der Waals surface area contributed by atoms with Crippen LogP contribution in [0.25, 0.3) is 0 Å². The number of allylic oxidation sites excluding steroid dienone is 1. The minimum absolute atomic E-state index is 0.243. The third-order valence-corrected chi connectivity index (χ3v) is 3.46. The Labute approximate surface area is 105 Å². The molecule has 1 atom stereocenters. The van der Waals surface area contributed by atoms with E-state index in [4.69, 9.17) is 0 Å². The van der Waals surface area contributed by atoms with Gasteiger partial charge in [-0.3, -0.25) is 4.79 Å². The summed E-state index contributed by atoms with van der Waals surface area (Å²) in [5.74, 6) is 0.243. The molecule has 1 N–H and O–H groups in total. The summed E-state index contributed by atoms with van der Waals surface area (Å²) < 4.78 is 0. The van der Waals surface area contributed by atoms with Crippen LogP contribution in [0.4, 0.5) is 0 Å². The predicted octanol–water partition coefficient (Wildman–Crippen LogP) is 3.78. The fourth-order valence-electron chi connectivity index (χ4n) is 2.37. The van der Waals surface area contributed by atoms with Gasteiger partial charge in [0.05, 0.1) is 6.10 Å². The number of Topliss-reactive ketones (excluding diaryl/α,β-unsaturated/α-hetero) is 1. The normalized spacial score (nSPS) is 20.1. The number of carbonyl (C=O) groups excluding carboxylic acids is 1. The molecular weight excluding hydrogens is 212 g/mol. The number of carbonyl (C=O) groups is 1. The zero-order valence-electron chi connectivity index (χ0n) is 11.1. The van der Waals surface area contributed by atoms with E-state index in [2.05, 4.69) is 6.92 Å². The molecule has 1 aliphatic carbocycles. The van der Waals surface area contributed by atoms with E-state index in [-0.39, 0.29) is 5.78 Å². The van der Waals surface area contributed by atoms with E-state index in [1.54, 1.807) is 6.08 Å². The molecule has 0 saturated heterocycles. The van der Waals surface area contributed by atoms with Crippen LogP contribution in [0.3, 0.4) is 0 Å². The van der Waals surface area contributed by atoms with E-state index in [0.29, 0.717) is 6.42 Å². The predicted molar refractivity (Wildman–Crippen MR) is 70.9 cm³/mol. The lowest BCUT2D eigenvalue weighted by Gasteiger charge is -2.06. The van der Waals surface area contributed by atoms with Crippen molar-refractivity contribution in [1.82, 2.24) is 0 Å². The van der Waals surface area contributed by atoms with Gasteiger partial charge in [0.1, 0.15) is 0 Å². The monoisotopic (exact) mass is 238 g/mol. The van der Waals surface area contributed by atoms with Gasteiger partial charge in [-0.15, -0.1) is 0 Å². The second-order valence-electron chi connectivity index (χ2n) is 5.09. The van der Waals surface area contributed by atoms with Crippen molar-refractivity contribution in [3.63, 3.8) is 0 Å². The summed E-state index contributed by atoms with van der Waals surface area (Å²) in [6, 6.07) is 0. The van der Waals surface area contributed by atoms with Crippen molar-refractivity contribution in [2.75, 3.05) is 0 Å². The van der Waals surface area contributed by atoms with Crippen LogP contribution in [0.2, 0.25) is 0 Å². The van der Waals surface area contributed by atoms with Crippen LogP contribution in [-0.2, 0) is 4.79 Å². The Morgan fingerprint density at radius 2 is 1.88 bits per heavy atom. The van der Waals surface area contributed by atoms with Crippen molar-refractivity contribution >= 4 is 5.78 Å². The van der Waals surface area contributed by atoms with Crippen LogP contribution < -0.4 is 0 Å². The van der Waals surface area contributed by atoms with Gasteiger partial charge >= 0.3 is 0 Å². The van der Waals surface area contributed by atoms with Gasteiger partial charge in [-0.05, 0) is 30.9 Å². The van der Waals surface area contributed by atoms with E-state index in [1.165, 1.54) is 32.1 Å². The number of rotatable bonds is 8. The summed E-state index contributed by atoms with van der Waals surface area (Å²) in [5, 5.41) is 9.80. The molecule has 0 radical (unpaired) electrons. The minimum atomic E-state index is -0.404. The molecule has 0 heterocycles. The molecule has 0 unspecified atom stereocenters. The second kappa shape index (κ2) is 8.46. The molecule has 0 bridgehead atoms. The first kappa shape index (κ1) is 14.4. The average Bonchev–Trinajstić information content (AvgIpc) is 2.69. The molecule has 0 aromatic rings. The maximum absolute atomic E-state index is 11.4. The fourth-order valence-corrected chi connectivity index (χ4v) is 2.37. The highest BCUT2D eigenvalue weighted by molar-refractivity contribution is 5.97. The zero-order valence-corrected chi connectivity index (χ0v) is 11.1. The lowest BCUT2D eigenvalue weighted by Crippen LogP contribution is -2.05. The molecule has 1 rings (SSSR count). The molecule has 1 saturated carbocycles. The summed E-state index contributed by atoms with van der Waals surface area (Å²) in [7, 11) is 0. The van der Waals surface area contributed by atoms with Crippen molar-refractivity contribution in [2.24, 2.45) is 0 Å². The highest BCUT2D eigenvalue weighted by Gasteiger charge is 2.17. The molecule has 0 aliphatic heterocycles. The fraction of sp³-hybridized carbons (Fsp3) is 0.800. The van der Waals surface area contributed by atoms with Crippen LogP contribution in [0.5, 0.6) is 0 Å². The van der Waals surface area contributed by atoms with Crippen LogP contribution in [0.15, 0.2) is 11.6 Å². The van der Waals surface area contributed by atoms with Crippen molar-refractivity contribution in [3.05, 3.63) is 11.6 Å². The molecule has 2 heteroatoms. The molecule has 1 aliphatic rings. The molecule has 0 aromatic carbocycles. The highest BCUT2D eigenvalue weighted by atomic mass is 16.3. The van der Waals surface area contributed by atoms with E-state index in [9.17, 15) is 9.90 Å². The molecule has 17 heavy (non-hydrogen) atoms. The van der Waals surface area contributed by atoms with Crippen LogP contribution in [0, 0.1) is 0 Å². The molecule has 0 amide bonds. The van der Waals surface area contributed by atoms with Gasteiger partial charge in [-0.25, -0.2) is 0 Å². The van der Waals surface area contributed by atoms with Gasteiger partial charge in [0.2, 0.25) is 0 Å². The Balaban J connectivity index is 2.08. The maximum atomic E-state index is 11.4. The number of hydrogen-bond donors (Lipinski definition) is 1. The largest absolute Gasteiger partial charge is 0.389 e. The van der Waals surface area contributed by atoms with Gasteiger partial charge in [-0.1, -0.05) is 45.4 Å². The topological polar surface area (TPSA) is 37.3 Å². The molecule has 98 valence electrons. The van der Waals surface area contributed by atoms with Crippen LogP contribution in [0.1, 0.15) is 71.1 Å². The van der Waals surface area contributed by atoms with E-state index in [1.807, 2.05) is 0 Å². The number of aliphatic hydroxyl groups is 1. The molecule has 1 fully saturated rings. The summed E-state index contributed by atoms with van der Waals surface area (Å²) in [4.78, 5) is 11.4. The second-order valence-corrected chi connectivity index (χ2v) is 5.09. The minimum Gasteiger partial charge on any atom is -0.389 e. The van der Waals surface area contributed by atoms with Gasteiger partial charge in [0, 0.05) is 6.42 Å². The first-order valence-electron chi connectivity index (χ1n) is 7.16. The van der Waals surface area contributed by atoms with Gasteiger partial charge in [-0.2, -0.15) is 0 Å². The van der Waals surface area contributed by atoms with Crippen molar-refractivity contribution in [2.45, 2.75) is 77.2 Å². The third kappa shape index (κ3) is 6.02. The summed E-state index contributed by atoms with van der Waals surface area (Å²) in [6.07, 6.45) is 12.2. The Morgan fingerprint density at radius 1 is 1.18 bits per heavy atom. The maximum Gasteiger partial charge on any atom is 0.158 e. The standard InChI is InChI=1S/C15H26O2/c1-2-3-4-5-6-7-10-14(16)12-13-9-8-11-15(13)17/h12,14,16H,2-11H2,1H3/b13-12-/t14-/m1/s1. The van der Waals surface area contributed by atoms with Gasteiger partial charge in [0.15, 0.2) is 5.78 Å². The van der Waals surface area contributed by atoms with Crippen molar-refractivity contribution in [1.29, 1.82) is 0 Å². The van der Waals surface area contributed by atoms with Crippen LogP contribution in [-0.4, -0.2) is 17.0 Å². The summed E-state index contributed by atoms with van der Waals surface area (Å²) in [5.41, 5.74) is 0.864. The van der Waals surface area contributed by atoms with E-state index < -0.39 is 6.10 Å². The number of unbranched alkanes of at least 4 members (excludes halogenated alkanes) is 5. The zero-order chi connectivity index (χ0) is 12.5. The van der Waals surface area contributed by atoms with Crippen molar-refractivity contribution < 1.29 is 9.90 Å². The Bertz CT molecular complexity index is 256. The number of ketones is 1. The van der Waals surface area contributed by atoms with Gasteiger partial charge < -0.3 is 5.11 Å². The smallest absolute Gasteiger partial charge is 0.158 e. The van der Waals surface area contributed by atoms with Crippen LogP contribution >= 0.6 is 0 Å². The van der Waals surface area contributed by atoms with Crippen molar-refractivity contribution in [3.8, 4) is 0 Å². The Kier molecular flexibility index (Phi) is 7.18. The number of aliphatic hydroxyl groups excluding tert-OH is 1. The van der Waals surface area contributed by atoms with E-state index >= 15 is 0 Å². The van der Waals surface area contributed by atoms with Gasteiger partial charge in [0.25, 0.3) is 0 Å². The third-order valence-electron chi connectivity index (χ3n) is 3.46. The lowest BCUT2D eigenvalue weighted by molar-refractivity contribution is -0.114. The summed E-state index contributed by atoms with van der Waals surface area (Å²) in [6.45, 7) is 2.22. The SMILES string of the molecule is CCCCCCCC[C@@H](O)/C=C1/CCCC1=O. The average molecular weight is 238 g/mol. The highest BCUT2D eigenvalue weighted by Crippen LogP contribution is 2.21. The Hall–Kier alpha value is -0.630. The summed E-state index contributed by atoms with van der Waals surface area (Å²) >= 11 is 0. The first-order chi connectivity index (χ1) is 8.24. The first-order valence-corrected chi connectivity index (χ1v) is 7.16. The molecule has 2 nitrogen and oxygen atoms in total. The molecule has 0 aromatic heterocycles. The Morgan fingerprint density at radius 3 is 2.53 bits per heavy atom. The molecular formula is C15H26O2. The lowest BCUT2D eigenvalue weighted by atomic mass is 10.0. The van der Waals surface area contributed by atoms with E-state index in [0.717, 1.165) is 31.3 Å². The molecule has 0 spiro atoms.